The van der Waals surface area contributed by atoms with Gasteiger partial charge in [0, 0.05) is 12.1 Å². The van der Waals surface area contributed by atoms with E-state index in [0.717, 1.165) is 17.4 Å². The van der Waals surface area contributed by atoms with E-state index in [4.69, 9.17) is 0 Å². The second-order valence-electron chi connectivity index (χ2n) is 4.78. The molecule has 62 valence electrons. The maximum absolute atomic E-state index is 2.75. The first kappa shape index (κ1) is 6.47. The number of hydrogen-bond acceptors (Lipinski definition) is 1. The Morgan fingerprint density at radius 1 is 1.36 bits per heavy atom. The van der Waals surface area contributed by atoms with Gasteiger partial charge in [-0.3, -0.25) is 4.90 Å². The van der Waals surface area contributed by atoms with Crippen LogP contribution in [-0.4, -0.2) is 23.5 Å². The van der Waals surface area contributed by atoms with Gasteiger partial charge in [-0.15, -0.1) is 0 Å². The molecule has 3 unspecified atom stereocenters. The molecular weight excluding hydrogens is 134 g/mol. The van der Waals surface area contributed by atoms with Crippen molar-refractivity contribution in [1.82, 2.24) is 4.90 Å². The van der Waals surface area contributed by atoms with Crippen molar-refractivity contribution in [2.45, 2.75) is 38.1 Å². The van der Waals surface area contributed by atoms with Gasteiger partial charge in [-0.05, 0) is 44.1 Å². The van der Waals surface area contributed by atoms with Crippen molar-refractivity contribution in [2.24, 2.45) is 11.8 Å². The maximum atomic E-state index is 2.75. The smallest absolute Gasteiger partial charge is 0.0253 e. The van der Waals surface area contributed by atoms with Crippen LogP contribution in [0, 0.1) is 11.8 Å². The Kier molecular flexibility index (Phi) is 1.07. The van der Waals surface area contributed by atoms with Gasteiger partial charge in [0.25, 0.3) is 0 Å². The average molecular weight is 151 g/mol. The normalized spacial score (nSPS) is 55.4. The Labute approximate surface area is 68.8 Å². The van der Waals surface area contributed by atoms with Crippen LogP contribution in [0.15, 0.2) is 0 Å². The summed E-state index contributed by atoms with van der Waals surface area (Å²) in [5.41, 5.74) is 0.749. The molecule has 11 heavy (non-hydrogen) atoms. The lowest BCUT2D eigenvalue weighted by Gasteiger charge is -2.53. The Morgan fingerprint density at radius 3 is 3.00 bits per heavy atom. The van der Waals surface area contributed by atoms with Crippen molar-refractivity contribution in [1.29, 1.82) is 0 Å². The molecule has 0 aromatic heterocycles. The highest BCUT2D eigenvalue weighted by Gasteiger charge is 2.59. The van der Waals surface area contributed by atoms with Crippen molar-refractivity contribution in [3.05, 3.63) is 0 Å². The van der Waals surface area contributed by atoms with Crippen molar-refractivity contribution in [3.63, 3.8) is 0 Å². The van der Waals surface area contributed by atoms with Gasteiger partial charge in [-0.1, -0.05) is 6.92 Å². The number of hydrogen-bond donors (Lipinski definition) is 0. The fraction of sp³-hybridized carbons (Fsp3) is 1.00. The third kappa shape index (κ3) is 0.581. The predicted octanol–water partition coefficient (Wildman–Crippen LogP) is 1.88. The van der Waals surface area contributed by atoms with Crippen LogP contribution in [-0.2, 0) is 0 Å². The van der Waals surface area contributed by atoms with E-state index >= 15 is 0 Å². The third-order valence-electron chi connectivity index (χ3n) is 4.49. The monoisotopic (exact) mass is 151 g/mol. The lowest BCUT2D eigenvalue weighted by atomic mass is 9.74. The Hall–Kier alpha value is -0.0400. The van der Waals surface area contributed by atoms with E-state index in [9.17, 15) is 0 Å². The minimum absolute atomic E-state index is 0.749. The topological polar surface area (TPSA) is 3.24 Å². The van der Waals surface area contributed by atoms with Crippen molar-refractivity contribution in [2.75, 3.05) is 13.1 Å². The highest BCUT2D eigenvalue weighted by molar-refractivity contribution is 5.14. The summed E-state index contributed by atoms with van der Waals surface area (Å²) in [7, 11) is 0. The van der Waals surface area contributed by atoms with Gasteiger partial charge in [-0.2, -0.15) is 0 Å². The van der Waals surface area contributed by atoms with E-state index in [0.29, 0.717) is 0 Å². The predicted molar refractivity (Wildman–Crippen MR) is 45.4 cm³/mol. The van der Waals surface area contributed by atoms with Crippen molar-refractivity contribution < 1.29 is 0 Å². The first-order chi connectivity index (χ1) is 5.33. The standard InChI is InChI=1S/C10H17N/c1-8-3-5-10-4-2-6-11(10)7-9(8)10/h8-9H,2-7H2,1H3. The molecule has 0 radical (unpaired) electrons. The number of rotatable bonds is 0. The maximum Gasteiger partial charge on any atom is 0.0253 e. The van der Waals surface area contributed by atoms with Crippen LogP contribution in [0.5, 0.6) is 0 Å². The SMILES string of the molecule is CC1CCC23CCCN2CC13. The Balaban J connectivity index is 1.92. The summed E-state index contributed by atoms with van der Waals surface area (Å²) >= 11 is 0. The van der Waals surface area contributed by atoms with Gasteiger partial charge in [0.15, 0.2) is 0 Å². The minimum atomic E-state index is 0.749. The van der Waals surface area contributed by atoms with Gasteiger partial charge < -0.3 is 0 Å². The average Bonchev–Trinajstić information content (AvgIpc) is 2.39. The highest BCUT2D eigenvalue weighted by atomic mass is 15.3. The van der Waals surface area contributed by atoms with Gasteiger partial charge in [0.1, 0.15) is 0 Å². The van der Waals surface area contributed by atoms with E-state index in [2.05, 4.69) is 11.8 Å². The molecule has 3 atom stereocenters. The molecule has 1 saturated carbocycles. The van der Waals surface area contributed by atoms with Gasteiger partial charge >= 0.3 is 0 Å². The molecule has 1 heteroatoms. The van der Waals surface area contributed by atoms with Crippen LogP contribution in [0.1, 0.15) is 32.6 Å². The minimum Gasteiger partial charge on any atom is -0.297 e. The van der Waals surface area contributed by atoms with Crippen LogP contribution in [0.3, 0.4) is 0 Å². The summed E-state index contributed by atoms with van der Waals surface area (Å²) in [6, 6.07) is 0. The van der Waals surface area contributed by atoms with E-state index in [1.807, 2.05) is 0 Å². The van der Waals surface area contributed by atoms with E-state index in [-0.39, 0.29) is 0 Å². The molecule has 2 heterocycles. The van der Waals surface area contributed by atoms with Crippen molar-refractivity contribution >= 4 is 0 Å². The third-order valence-corrected chi connectivity index (χ3v) is 4.49. The molecule has 1 aliphatic carbocycles. The van der Waals surface area contributed by atoms with E-state index in [1.54, 1.807) is 0 Å². The second-order valence-corrected chi connectivity index (χ2v) is 4.78. The molecule has 3 aliphatic rings. The van der Waals surface area contributed by atoms with Gasteiger partial charge in [-0.25, -0.2) is 0 Å². The summed E-state index contributed by atoms with van der Waals surface area (Å²) in [6.07, 6.45) is 6.01. The van der Waals surface area contributed by atoms with Crippen LogP contribution in [0.25, 0.3) is 0 Å². The van der Waals surface area contributed by atoms with Crippen molar-refractivity contribution in [3.8, 4) is 0 Å². The second kappa shape index (κ2) is 1.82. The fourth-order valence-electron chi connectivity index (χ4n) is 3.80. The molecule has 3 fully saturated rings. The molecule has 0 bridgehead atoms. The molecule has 3 rings (SSSR count). The summed E-state index contributed by atoms with van der Waals surface area (Å²) in [5, 5.41) is 0. The summed E-state index contributed by atoms with van der Waals surface area (Å²) in [5.74, 6) is 2.12. The lowest BCUT2D eigenvalue weighted by Crippen LogP contribution is -2.61. The molecule has 0 aromatic rings. The number of nitrogens with zero attached hydrogens (tertiary/aromatic N) is 1. The molecule has 1 nitrogen and oxygen atoms in total. The lowest BCUT2D eigenvalue weighted by molar-refractivity contribution is -0.0381. The first-order valence-corrected chi connectivity index (χ1v) is 5.08. The van der Waals surface area contributed by atoms with Crippen LogP contribution < -0.4 is 0 Å². The largest absolute Gasteiger partial charge is 0.297 e. The molecule has 1 spiro atoms. The van der Waals surface area contributed by atoms with Gasteiger partial charge in [0.05, 0.1) is 0 Å². The van der Waals surface area contributed by atoms with E-state index < -0.39 is 0 Å². The van der Waals surface area contributed by atoms with Crippen LogP contribution in [0.2, 0.25) is 0 Å². The van der Waals surface area contributed by atoms with Gasteiger partial charge in [0.2, 0.25) is 0 Å². The first-order valence-electron chi connectivity index (χ1n) is 5.08. The Morgan fingerprint density at radius 2 is 2.27 bits per heavy atom. The zero-order valence-corrected chi connectivity index (χ0v) is 7.34. The highest BCUT2D eigenvalue weighted by Crippen LogP contribution is 2.56. The fourth-order valence-corrected chi connectivity index (χ4v) is 3.80. The summed E-state index contributed by atoms with van der Waals surface area (Å²) in [4.78, 5) is 2.75. The molecule has 0 aromatic carbocycles. The molecule has 0 N–H and O–H groups in total. The molecule has 0 amide bonds. The zero-order chi connectivity index (χ0) is 7.47. The summed E-state index contributed by atoms with van der Waals surface area (Å²) in [6.45, 7) is 5.29. The summed E-state index contributed by atoms with van der Waals surface area (Å²) < 4.78 is 0. The molecule has 2 aliphatic heterocycles. The Bertz CT molecular complexity index is 189. The molecular formula is C10H17N. The quantitative estimate of drug-likeness (QED) is 0.511. The van der Waals surface area contributed by atoms with Crippen LogP contribution >= 0.6 is 0 Å². The van der Waals surface area contributed by atoms with Crippen LogP contribution in [0.4, 0.5) is 0 Å². The molecule has 2 saturated heterocycles. The zero-order valence-electron chi connectivity index (χ0n) is 7.34. The van der Waals surface area contributed by atoms with E-state index in [1.165, 1.54) is 38.8 Å².